The molecule has 0 fully saturated rings. The van der Waals surface area contributed by atoms with Crippen molar-refractivity contribution >= 4 is 17.8 Å². The van der Waals surface area contributed by atoms with Gasteiger partial charge in [0.25, 0.3) is 5.91 Å². The van der Waals surface area contributed by atoms with Crippen molar-refractivity contribution in [2.75, 3.05) is 0 Å². The maximum absolute atomic E-state index is 12.3. The number of carbonyl (C=O) groups excluding carboxylic acids is 2. The molecule has 1 aliphatic rings. The van der Waals surface area contributed by atoms with E-state index < -0.39 is 0 Å². The number of aliphatic imine (C=N–C) groups is 1. The van der Waals surface area contributed by atoms with Crippen LogP contribution in [0.1, 0.15) is 46.4 Å². The van der Waals surface area contributed by atoms with Gasteiger partial charge in [-0.15, -0.1) is 0 Å². The molecular weight excluding hydrogens is 314 g/mol. The van der Waals surface area contributed by atoms with Crippen LogP contribution in [0.3, 0.4) is 0 Å². The Balaban J connectivity index is 1.77. The van der Waals surface area contributed by atoms with Crippen LogP contribution >= 0.6 is 0 Å². The van der Waals surface area contributed by atoms with E-state index in [2.05, 4.69) is 22.5 Å². The van der Waals surface area contributed by atoms with Crippen LogP contribution in [0.4, 0.5) is 0 Å². The van der Waals surface area contributed by atoms with Crippen molar-refractivity contribution in [1.29, 1.82) is 0 Å². The molecule has 0 saturated carbocycles. The molecule has 2 aromatic carbocycles. The maximum Gasteiger partial charge on any atom is 0.257 e. The van der Waals surface area contributed by atoms with Gasteiger partial charge in [-0.05, 0) is 36.6 Å². The fourth-order valence-corrected chi connectivity index (χ4v) is 2.71. The lowest BCUT2D eigenvalue weighted by molar-refractivity contribution is -0.120. The van der Waals surface area contributed by atoms with Crippen LogP contribution in [0.2, 0.25) is 0 Å². The number of benzene rings is 2. The van der Waals surface area contributed by atoms with Crippen LogP contribution in [0.15, 0.2) is 53.5 Å². The Bertz CT molecular complexity index is 808. The zero-order valence-corrected chi connectivity index (χ0v) is 14.4. The number of aryl methyl sites for hydroxylation is 2. The highest BCUT2D eigenvalue weighted by Crippen LogP contribution is 2.24. The second-order valence-corrected chi connectivity index (χ2v) is 6.16. The van der Waals surface area contributed by atoms with Crippen molar-refractivity contribution in [3.63, 3.8) is 0 Å². The molecule has 0 radical (unpaired) electrons. The number of guanidine groups is 1. The van der Waals surface area contributed by atoms with Crippen molar-refractivity contribution in [1.82, 2.24) is 10.6 Å². The summed E-state index contributed by atoms with van der Waals surface area (Å²) in [6, 6.07) is 15.0. The largest absolute Gasteiger partial charge is 0.296 e. The molecule has 25 heavy (non-hydrogen) atoms. The van der Waals surface area contributed by atoms with Gasteiger partial charge >= 0.3 is 0 Å². The SMILES string of the molecule is CCc1ccc([C@H]2CC(=O)NC(NC(=O)c3ccc(C)cc3)=N2)cc1. The van der Waals surface area contributed by atoms with E-state index in [1.54, 1.807) is 12.1 Å². The normalized spacial score (nSPS) is 16.8. The summed E-state index contributed by atoms with van der Waals surface area (Å²) in [6.45, 7) is 4.06. The van der Waals surface area contributed by atoms with Gasteiger partial charge in [-0.3, -0.25) is 20.2 Å². The van der Waals surface area contributed by atoms with E-state index in [0.717, 1.165) is 17.5 Å². The van der Waals surface area contributed by atoms with Crippen molar-refractivity contribution < 1.29 is 9.59 Å². The average molecular weight is 335 g/mol. The average Bonchev–Trinajstić information content (AvgIpc) is 2.62. The Morgan fingerprint density at radius 1 is 1.16 bits per heavy atom. The summed E-state index contributed by atoms with van der Waals surface area (Å²) >= 11 is 0. The smallest absolute Gasteiger partial charge is 0.257 e. The minimum Gasteiger partial charge on any atom is -0.296 e. The van der Waals surface area contributed by atoms with Crippen LogP contribution in [0.25, 0.3) is 0 Å². The fourth-order valence-electron chi connectivity index (χ4n) is 2.71. The molecule has 5 heteroatoms. The molecule has 0 aliphatic carbocycles. The molecule has 1 atom stereocenters. The minimum absolute atomic E-state index is 0.154. The van der Waals surface area contributed by atoms with E-state index in [9.17, 15) is 9.59 Å². The Hall–Kier alpha value is -2.95. The molecule has 0 saturated heterocycles. The van der Waals surface area contributed by atoms with Gasteiger partial charge in [-0.25, -0.2) is 4.99 Å². The zero-order chi connectivity index (χ0) is 17.8. The van der Waals surface area contributed by atoms with Gasteiger partial charge in [-0.2, -0.15) is 0 Å². The summed E-state index contributed by atoms with van der Waals surface area (Å²) < 4.78 is 0. The van der Waals surface area contributed by atoms with Crippen LogP contribution in [-0.4, -0.2) is 17.8 Å². The first-order valence-electron chi connectivity index (χ1n) is 8.39. The Morgan fingerprint density at radius 3 is 2.48 bits per heavy atom. The highest BCUT2D eigenvalue weighted by atomic mass is 16.2. The van der Waals surface area contributed by atoms with E-state index in [4.69, 9.17) is 0 Å². The molecule has 0 unspecified atom stereocenters. The highest BCUT2D eigenvalue weighted by Gasteiger charge is 2.23. The topological polar surface area (TPSA) is 70.6 Å². The monoisotopic (exact) mass is 335 g/mol. The van der Waals surface area contributed by atoms with Gasteiger partial charge in [0.2, 0.25) is 11.9 Å². The lowest BCUT2D eigenvalue weighted by atomic mass is 10.0. The zero-order valence-electron chi connectivity index (χ0n) is 14.4. The van der Waals surface area contributed by atoms with Crippen molar-refractivity contribution in [3.05, 3.63) is 70.8 Å². The number of hydrogen-bond acceptors (Lipinski definition) is 3. The predicted molar refractivity (Wildman–Crippen MR) is 97.4 cm³/mol. The maximum atomic E-state index is 12.3. The minimum atomic E-state index is -0.291. The summed E-state index contributed by atoms with van der Waals surface area (Å²) in [4.78, 5) is 28.8. The van der Waals surface area contributed by atoms with Gasteiger partial charge in [0, 0.05) is 5.56 Å². The Labute approximate surface area is 147 Å². The standard InChI is InChI=1S/C20H21N3O2/c1-3-14-6-10-15(11-7-14)17-12-18(24)22-20(21-17)23-19(25)16-8-4-13(2)5-9-16/h4-11,17H,3,12H2,1-2H3,(H2,21,22,23,24,25)/t17-/m1/s1. The first-order chi connectivity index (χ1) is 12.0. The quantitative estimate of drug-likeness (QED) is 0.905. The van der Waals surface area contributed by atoms with Crippen LogP contribution < -0.4 is 10.6 Å². The lowest BCUT2D eigenvalue weighted by Gasteiger charge is -2.21. The Kier molecular flexibility index (Phi) is 4.93. The molecule has 5 nitrogen and oxygen atoms in total. The van der Waals surface area contributed by atoms with Crippen LogP contribution in [0.5, 0.6) is 0 Å². The summed E-state index contributed by atoms with van der Waals surface area (Å²) in [5, 5.41) is 5.32. The van der Waals surface area contributed by atoms with Gasteiger partial charge in [0.05, 0.1) is 12.5 Å². The van der Waals surface area contributed by atoms with Gasteiger partial charge in [-0.1, -0.05) is 48.9 Å². The summed E-state index contributed by atoms with van der Waals surface area (Å²) in [5.41, 5.74) is 3.81. The van der Waals surface area contributed by atoms with Crippen LogP contribution in [-0.2, 0) is 11.2 Å². The third-order valence-corrected chi connectivity index (χ3v) is 4.24. The van der Waals surface area contributed by atoms with Crippen molar-refractivity contribution in [2.45, 2.75) is 32.7 Å². The van der Waals surface area contributed by atoms with Gasteiger partial charge < -0.3 is 0 Å². The summed E-state index contributed by atoms with van der Waals surface area (Å²) in [5.74, 6) is -0.244. The van der Waals surface area contributed by atoms with E-state index in [0.29, 0.717) is 5.56 Å². The van der Waals surface area contributed by atoms with Crippen LogP contribution in [0, 0.1) is 6.92 Å². The van der Waals surface area contributed by atoms with E-state index >= 15 is 0 Å². The van der Waals surface area contributed by atoms with Gasteiger partial charge in [0.15, 0.2) is 0 Å². The molecule has 128 valence electrons. The molecule has 0 spiro atoms. The third kappa shape index (κ3) is 4.12. The van der Waals surface area contributed by atoms with E-state index in [1.807, 2.05) is 43.3 Å². The van der Waals surface area contributed by atoms with Gasteiger partial charge in [0.1, 0.15) is 0 Å². The first-order valence-corrected chi connectivity index (χ1v) is 8.39. The predicted octanol–water partition coefficient (Wildman–Crippen LogP) is 2.90. The number of carbonyl (C=O) groups is 2. The Morgan fingerprint density at radius 2 is 1.84 bits per heavy atom. The number of amides is 2. The number of rotatable bonds is 3. The van der Waals surface area contributed by atoms with E-state index in [1.165, 1.54) is 5.56 Å². The number of nitrogens with zero attached hydrogens (tertiary/aromatic N) is 1. The van der Waals surface area contributed by atoms with Crippen molar-refractivity contribution in [2.24, 2.45) is 4.99 Å². The van der Waals surface area contributed by atoms with E-state index in [-0.39, 0.29) is 30.2 Å². The lowest BCUT2D eigenvalue weighted by Crippen LogP contribution is -2.47. The molecule has 1 aliphatic heterocycles. The second-order valence-electron chi connectivity index (χ2n) is 6.16. The summed E-state index contributed by atoms with van der Waals surface area (Å²) in [6.07, 6.45) is 1.24. The second kappa shape index (κ2) is 7.30. The number of hydrogen-bond donors (Lipinski definition) is 2. The molecule has 2 aromatic rings. The molecule has 0 aromatic heterocycles. The fraction of sp³-hybridized carbons (Fsp3) is 0.250. The molecule has 3 rings (SSSR count). The summed E-state index contributed by atoms with van der Waals surface area (Å²) in [7, 11) is 0. The van der Waals surface area contributed by atoms with Crippen molar-refractivity contribution in [3.8, 4) is 0 Å². The molecule has 1 heterocycles. The molecule has 2 N–H and O–H groups in total. The third-order valence-electron chi connectivity index (χ3n) is 4.24. The molecule has 0 bridgehead atoms. The first kappa shape index (κ1) is 16.9. The molecule has 2 amide bonds. The highest BCUT2D eigenvalue weighted by molar-refractivity contribution is 6.10. The number of nitrogens with one attached hydrogen (secondary N) is 2. The molecular formula is C20H21N3O2.